The zero-order valence-electron chi connectivity index (χ0n) is 15.4. The number of hydrogen-bond acceptors (Lipinski definition) is 3. The van der Waals surface area contributed by atoms with Crippen LogP contribution < -0.4 is 0 Å². The van der Waals surface area contributed by atoms with Crippen molar-refractivity contribution in [1.82, 2.24) is 19.9 Å². The average Bonchev–Trinajstić information content (AvgIpc) is 3.32. The summed E-state index contributed by atoms with van der Waals surface area (Å²) >= 11 is 1.61. The summed E-state index contributed by atoms with van der Waals surface area (Å²) in [5.41, 5.74) is 4.24. The molecular formula is C21H22N4OS. The number of H-pyrrole nitrogens is 2. The maximum atomic E-state index is 12.6. The molecular weight excluding hydrogens is 356 g/mol. The van der Waals surface area contributed by atoms with Crippen LogP contribution in [0.25, 0.3) is 21.9 Å². The van der Waals surface area contributed by atoms with Crippen LogP contribution in [-0.4, -0.2) is 38.6 Å². The van der Waals surface area contributed by atoms with E-state index in [-0.39, 0.29) is 11.2 Å². The lowest BCUT2D eigenvalue weighted by atomic mass is 10.1. The van der Waals surface area contributed by atoms with E-state index in [2.05, 4.69) is 34.0 Å². The Morgan fingerprint density at radius 2 is 1.96 bits per heavy atom. The van der Waals surface area contributed by atoms with Crippen molar-refractivity contribution in [1.29, 1.82) is 0 Å². The van der Waals surface area contributed by atoms with Crippen LogP contribution >= 0.6 is 11.8 Å². The maximum Gasteiger partial charge on any atom is 0.232 e. The number of amides is 1. The van der Waals surface area contributed by atoms with Gasteiger partial charge < -0.3 is 14.9 Å². The Labute approximate surface area is 162 Å². The molecule has 1 amide bonds. The van der Waals surface area contributed by atoms with Gasteiger partial charge in [-0.05, 0) is 36.8 Å². The van der Waals surface area contributed by atoms with E-state index in [9.17, 15) is 4.79 Å². The zero-order valence-corrected chi connectivity index (χ0v) is 16.2. The van der Waals surface area contributed by atoms with Gasteiger partial charge in [-0.2, -0.15) is 0 Å². The SMILES string of the molecule is CC(SCC(=O)N(C)Cc1cccc2[nH]ccc12)c1nc2ccccc2[nH]1. The van der Waals surface area contributed by atoms with Crippen LogP contribution in [0, 0.1) is 0 Å². The van der Waals surface area contributed by atoms with Gasteiger partial charge in [0, 0.05) is 30.7 Å². The second kappa shape index (κ2) is 7.48. The number of aromatic amines is 2. The van der Waals surface area contributed by atoms with E-state index >= 15 is 0 Å². The predicted molar refractivity (Wildman–Crippen MR) is 112 cm³/mol. The van der Waals surface area contributed by atoms with E-state index in [4.69, 9.17) is 0 Å². The second-order valence-electron chi connectivity index (χ2n) is 6.70. The molecule has 0 fully saturated rings. The van der Waals surface area contributed by atoms with Gasteiger partial charge in [0.05, 0.1) is 22.0 Å². The summed E-state index contributed by atoms with van der Waals surface area (Å²) in [4.78, 5) is 25.6. The molecule has 0 aliphatic rings. The molecule has 1 unspecified atom stereocenters. The molecule has 2 N–H and O–H groups in total. The summed E-state index contributed by atoms with van der Waals surface area (Å²) in [7, 11) is 1.86. The first-order valence-electron chi connectivity index (χ1n) is 8.97. The largest absolute Gasteiger partial charge is 0.361 e. The van der Waals surface area contributed by atoms with Crippen LogP contribution in [0.4, 0.5) is 0 Å². The third-order valence-electron chi connectivity index (χ3n) is 4.77. The van der Waals surface area contributed by atoms with Crippen LogP contribution in [-0.2, 0) is 11.3 Å². The number of rotatable bonds is 6. The molecule has 4 rings (SSSR count). The van der Waals surface area contributed by atoms with Gasteiger partial charge in [-0.15, -0.1) is 11.8 Å². The number of fused-ring (bicyclic) bond motifs is 2. The monoisotopic (exact) mass is 378 g/mol. The first-order valence-corrected chi connectivity index (χ1v) is 10.0. The van der Waals surface area contributed by atoms with Gasteiger partial charge in [-0.25, -0.2) is 4.98 Å². The van der Waals surface area contributed by atoms with Crippen LogP contribution in [0.15, 0.2) is 54.7 Å². The van der Waals surface area contributed by atoms with Gasteiger partial charge in [0.25, 0.3) is 0 Å². The fraction of sp³-hybridized carbons (Fsp3) is 0.238. The summed E-state index contributed by atoms with van der Waals surface area (Å²) in [6.07, 6.45) is 1.93. The third-order valence-corrected chi connectivity index (χ3v) is 5.90. The topological polar surface area (TPSA) is 64.8 Å². The predicted octanol–water partition coefficient (Wildman–Crippen LogP) is 4.50. The first kappa shape index (κ1) is 17.7. The van der Waals surface area contributed by atoms with Crippen LogP contribution in [0.2, 0.25) is 0 Å². The number of aromatic nitrogens is 3. The number of nitrogens with zero attached hydrogens (tertiary/aromatic N) is 2. The number of hydrogen-bond donors (Lipinski definition) is 2. The molecule has 5 nitrogen and oxygen atoms in total. The molecule has 2 heterocycles. The minimum atomic E-state index is 0.121. The van der Waals surface area contributed by atoms with Crippen molar-refractivity contribution >= 4 is 39.6 Å². The molecule has 0 saturated heterocycles. The van der Waals surface area contributed by atoms with Crippen molar-refractivity contribution in [2.24, 2.45) is 0 Å². The Balaban J connectivity index is 1.37. The second-order valence-corrected chi connectivity index (χ2v) is 8.03. The quantitative estimate of drug-likeness (QED) is 0.519. The number of nitrogens with one attached hydrogen (secondary N) is 2. The van der Waals surface area contributed by atoms with Gasteiger partial charge in [-0.3, -0.25) is 4.79 Å². The van der Waals surface area contributed by atoms with E-state index in [1.54, 1.807) is 16.7 Å². The van der Waals surface area contributed by atoms with Gasteiger partial charge in [0.2, 0.25) is 5.91 Å². The van der Waals surface area contributed by atoms with Gasteiger partial charge in [-0.1, -0.05) is 24.3 Å². The summed E-state index contributed by atoms with van der Waals surface area (Å²) < 4.78 is 0. The summed E-state index contributed by atoms with van der Waals surface area (Å²) in [5.74, 6) is 1.46. The third kappa shape index (κ3) is 3.71. The Morgan fingerprint density at radius 1 is 1.15 bits per heavy atom. The highest BCUT2D eigenvalue weighted by Crippen LogP contribution is 2.28. The number of imidazole rings is 1. The fourth-order valence-corrected chi connectivity index (χ4v) is 4.07. The summed E-state index contributed by atoms with van der Waals surface area (Å²) in [6, 6.07) is 16.2. The molecule has 2 aromatic carbocycles. The highest BCUT2D eigenvalue weighted by molar-refractivity contribution is 8.00. The van der Waals surface area contributed by atoms with Gasteiger partial charge in [0.15, 0.2) is 0 Å². The van der Waals surface area contributed by atoms with Crippen molar-refractivity contribution in [2.45, 2.75) is 18.7 Å². The van der Waals surface area contributed by atoms with E-state index in [0.717, 1.165) is 27.9 Å². The number of carbonyl (C=O) groups is 1. The van der Waals surface area contributed by atoms with Gasteiger partial charge in [0.1, 0.15) is 5.82 Å². The van der Waals surface area contributed by atoms with Crippen molar-refractivity contribution in [3.8, 4) is 0 Å². The van der Waals surface area contributed by atoms with Crippen LogP contribution in [0.3, 0.4) is 0 Å². The van der Waals surface area contributed by atoms with Crippen LogP contribution in [0.5, 0.6) is 0 Å². The summed E-state index contributed by atoms with van der Waals surface area (Å²) in [6.45, 7) is 2.68. The Kier molecular flexibility index (Phi) is 4.90. The lowest BCUT2D eigenvalue weighted by molar-refractivity contribution is -0.127. The van der Waals surface area contributed by atoms with E-state index < -0.39 is 0 Å². The number of para-hydroxylation sites is 2. The van der Waals surface area contributed by atoms with E-state index in [0.29, 0.717) is 12.3 Å². The van der Waals surface area contributed by atoms with E-state index in [1.807, 2.05) is 49.6 Å². The molecule has 0 bridgehead atoms. The van der Waals surface area contributed by atoms with E-state index in [1.165, 1.54) is 5.39 Å². The molecule has 0 radical (unpaired) electrons. The van der Waals surface area contributed by atoms with Crippen molar-refractivity contribution in [3.63, 3.8) is 0 Å². The van der Waals surface area contributed by atoms with Gasteiger partial charge >= 0.3 is 0 Å². The number of thioether (sulfide) groups is 1. The highest BCUT2D eigenvalue weighted by atomic mass is 32.2. The number of benzene rings is 2. The molecule has 0 saturated carbocycles. The fourth-order valence-electron chi connectivity index (χ4n) is 3.18. The van der Waals surface area contributed by atoms with Crippen molar-refractivity contribution in [2.75, 3.05) is 12.8 Å². The smallest absolute Gasteiger partial charge is 0.232 e. The van der Waals surface area contributed by atoms with Crippen LogP contribution in [0.1, 0.15) is 23.6 Å². The molecule has 1 atom stereocenters. The standard InChI is InChI=1S/C21H22N4OS/c1-14(21-23-18-7-3-4-8-19(18)24-21)27-13-20(26)25(2)12-15-6-5-9-17-16(15)10-11-22-17/h3-11,14,22H,12-13H2,1-2H3,(H,23,24). The molecule has 2 aromatic heterocycles. The minimum Gasteiger partial charge on any atom is -0.361 e. The lowest BCUT2D eigenvalue weighted by Crippen LogP contribution is -2.28. The molecule has 0 aliphatic carbocycles. The minimum absolute atomic E-state index is 0.121. The Morgan fingerprint density at radius 3 is 2.81 bits per heavy atom. The molecule has 27 heavy (non-hydrogen) atoms. The molecule has 4 aromatic rings. The highest BCUT2D eigenvalue weighted by Gasteiger charge is 2.16. The van der Waals surface area contributed by atoms with Crippen molar-refractivity contribution in [3.05, 3.63) is 66.1 Å². The number of carbonyl (C=O) groups excluding carboxylic acids is 1. The molecule has 0 spiro atoms. The normalized spacial score (nSPS) is 12.5. The molecule has 138 valence electrons. The van der Waals surface area contributed by atoms with Crippen molar-refractivity contribution < 1.29 is 4.79 Å². The first-order chi connectivity index (χ1) is 13.1. The summed E-state index contributed by atoms with van der Waals surface area (Å²) in [5, 5.41) is 1.29. The molecule has 6 heteroatoms. The zero-order chi connectivity index (χ0) is 18.8. The average molecular weight is 379 g/mol. The Bertz CT molecular complexity index is 1050. The maximum absolute atomic E-state index is 12.6. The lowest BCUT2D eigenvalue weighted by Gasteiger charge is -2.18. The molecule has 0 aliphatic heterocycles. The Hall–Kier alpha value is -2.73.